The molecular weight excluding hydrogens is 462 g/mol. The molecule has 0 saturated carbocycles. The SMILES string of the molecule is COc1cc(OCc2cccc(-c3ccccc3)c2C)cc(OC)c1CNCCCN1CCN(C)CC1. The Morgan fingerprint density at radius 3 is 2.24 bits per heavy atom. The highest BCUT2D eigenvalue weighted by Crippen LogP contribution is 2.35. The van der Waals surface area contributed by atoms with Gasteiger partial charge in [0.25, 0.3) is 0 Å². The molecule has 0 spiro atoms. The molecule has 0 aliphatic carbocycles. The normalized spacial score (nSPS) is 14.5. The van der Waals surface area contributed by atoms with Crippen molar-refractivity contribution >= 4 is 0 Å². The molecule has 0 unspecified atom stereocenters. The van der Waals surface area contributed by atoms with Crippen LogP contribution in [0.3, 0.4) is 0 Å². The van der Waals surface area contributed by atoms with Crippen LogP contribution in [0.25, 0.3) is 11.1 Å². The minimum absolute atomic E-state index is 0.475. The molecule has 37 heavy (non-hydrogen) atoms. The molecule has 0 atom stereocenters. The highest BCUT2D eigenvalue weighted by molar-refractivity contribution is 5.68. The molecule has 0 amide bonds. The molecule has 1 fully saturated rings. The van der Waals surface area contributed by atoms with Gasteiger partial charge >= 0.3 is 0 Å². The maximum absolute atomic E-state index is 6.23. The molecular formula is C31H41N3O3. The predicted molar refractivity (Wildman–Crippen MR) is 151 cm³/mol. The molecule has 0 radical (unpaired) electrons. The van der Waals surface area contributed by atoms with E-state index in [2.05, 4.69) is 71.6 Å². The summed E-state index contributed by atoms with van der Waals surface area (Å²) in [6, 6.07) is 20.8. The molecule has 1 N–H and O–H groups in total. The van der Waals surface area contributed by atoms with Gasteiger partial charge in [0.05, 0.1) is 19.8 Å². The van der Waals surface area contributed by atoms with E-state index in [1.165, 1.54) is 16.7 Å². The van der Waals surface area contributed by atoms with Crippen LogP contribution < -0.4 is 19.5 Å². The lowest BCUT2D eigenvalue weighted by atomic mass is 9.97. The number of nitrogens with zero attached hydrogens (tertiary/aromatic N) is 2. The van der Waals surface area contributed by atoms with E-state index in [4.69, 9.17) is 14.2 Å². The first-order valence-electron chi connectivity index (χ1n) is 13.2. The summed E-state index contributed by atoms with van der Waals surface area (Å²) in [5, 5.41) is 3.57. The molecule has 198 valence electrons. The van der Waals surface area contributed by atoms with Gasteiger partial charge < -0.3 is 29.3 Å². The molecule has 6 nitrogen and oxygen atoms in total. The molecule has 4 rings (SSSR count). The van der Waals surface area contributed by atoms with Crippen molar-refractivity contribution in [3.05, 3.63) is 77.4 Å². The maximum atomic E-state index is 6.23. The first-order valence-corrected chi connectivity index (χ1v) is 13.2. The number of likely N-dealkylation sites (N-methyl/N-ethyl adjacent to an activating group) is 1. The molecule has 0 aromatic heterocycles. The smallest absolute Gasteiger partial charge is 0.130 e. The van der Waals surface area contributed by atoms with Crippen molar-refractivity contribution in [3.8, 4) is 28.4 Å². The second-order valence-electron chi connectivity index (χ2n) is 9.73. The van der Waals surface area contributed by atoms with Gasteiger partial charge in [-0.2, -0.15) is 0 Å². The highest BCUT2D eigenvalue weighted by atomic mass is 16.5. The van der Waals surface area contributed by atoms with E-state index in [9.17, 15) is 0 Å². The van der Waals surface area contributed by atoms with E-state index >= 15 is 0 Å². The fourth-order valence-corrected chi connectivity index (χ4v) is 4.86. The monoisotopic (exact) mass is 503 g/mol. The molecule has 0 bridgehead atoms. The van der Waals surface area contributed by atoms with Crippen LogP contribution in [0.1, 0.15) is 23.1 Å². The maximum Gasteiger partial charge on any atom is 0.130 e. The number of benzene rings is 3. The van der Waals surface area contributed by atoms with Gasteiger partial charge in [-0.3, -0.25) is 0 Å². The highest BCUT2D eigenvalue weighted by Gasteiger charge is 2.15. The van der Waals surface area contributed by atoms with E-state index in [0.29, 0.717) is 13.2 Å². The van der Waals surface area contributed by atoms with E-state index in [1.54, 1.807) is 14.2 Å². The number of hydrogen-bond acceptors (Lipinski definition) is 6. The Hall–Kier alpha value is -3.06. The number of rotatable bonds is 12. The second-order valence-corrected chi connectivity index (χ2v) is 9.73. The fraction of sp³-hybridized carbons (Fsp3) is 0.419. The van der Waals surface area contributed by atoms with E-state index in [1.807, 2.05) is 18.2 Å². The van der Waals surface area contributed by atoms with Gasteiger partial charge in [-0.15, -0.1) is 0 Å². The van der Waals surface area contributed by atoms with Crippen molar-refractivity contribution < 1.29 is 14.2 Å². The van der Waals surface area contributed by atoms with Crippen molar-refractivity contribution in [2.24, 2.45) is 0 Å². The number of hydrogen-bond donors (Lipinski definition) is 1. The first kappa shape index (κ1) is 27.0. The lowest BCUT2D eigenvalue weighted by molar-refractivity contribution is 0.152. The van der Waals surface area contributed by atoms with Crippen LogP contribution >= 0.6 is 0 Å². The van der Waals surface area contributed by atoms with Gasteiger partial charge in [-0.1, -0.05) is 48.5 Å². The summed E-state index contributed by atoms with van der Waals surface area (Å²) in [6.07, 6.45) is 1.12. The van der Waals surface area contributed by atoms with Crippen molar-refractivity contribution in [1.29, 1.82) is 0 Å². The van der Waals surface area contributed by atoms with Crippen LogP contribution in [-0.2, 0) is 13.2 Å². The topological polar surface area (TPSA) is 46.2 Å². The minimum atomic E-state index is 0.475. The van der Waals surface area contributed by atoms with Crippen LogP contribution in [-0.4, -0.2) is 70.3 Å². The van der Waals surface area contributed by atoms with Gasteiger partial charge in [-0.05, 0) is 55.7 Å². The zero-order chi connectivity index (χ0) is 26.0. The lowest BCUT2D eigenvalue weighted by Crippen LogP contribution is -2.45. The van der Waals surface area contributed by atoms with Crippen LogP contribution in [0, 0.1) is 6.92 Å². The second kappa shape index (κ2) is 13.5. The lowest BCUT2D eigenvalue weighted by Gasteiger charge is -2.32. The Kier molecular flexibility index (Phi) is 9.83. The average molecular weight is 504 g/mol. The summed E-state index contributed by atoms with van der Waals surface area (Å²) >= 11 is 0. The quantitative estimate of drug-likeness (QED) is 0.352. The Balaban J connectivity index is 1.35. The van der Waals surface area contributed by atoms with Gasteiger partial charge in [0.1, 0.15) is 23.9 Å². The van der Waals surface area contributed by atoms with Crippen LogP contribution in [0.5, 0.6) is 17.2 Å². The van der Waals surface area contributed by atoms with Crippen molar-refractivity contribution in [1.82, 2.24) is 15.1 Å². The third kappa shape index (κ3) is 7.25. The standard InChI is InChI=1S/C31H41N3O3/c1-24-26(12-8-13-28(24)25-10-6-5-7-11-25)23-37-27-20-30(35-3)29(31(21-27)36-4)22-32-14-9-15-34-18-16-33(2)17-19-34/h5-8,10-13,20-21,32H,9,14-19,22-23H2,1-4H3. The number of methoxy groups -OCH3 is 2. The molecule has 1 aliphatic heterocycles. The van der Waals surface area contributed by atoms with Crippen molar-refractivity contribution in [2.45, 2.75) is 26.5 Å². The molecule has 1 heterocycles. The summed E-state index contributed by atoms with van der Waals surface area (Å²) in [6.45, 7) is 10.0. The summed E-state index contributed by atoms with van der Waals surface area (Å²) < 4.78 is 17.7. The predicted octanol–water partition coefficient (Wildman–Crippen LogP) is 4.99. The zero-order valence-electron chi connectivity index (χ0n) is 22.8. The Bertz CT molecular complexity index is 1100. The molecule has 3 aromatic carbocycles. The zero-order valence-corrected chi connectivity index (χ0v) is 22.8. The molecule has 6 heteroatoms. The third-order valence-corrected chi connectivity index (χ3v) is 7.23. The van der Waals surface area contributed by atoms with Gasteiger partial charge in [-0.25, -0.2) is 0 Å². The number of ether oxygens (including phenoxy) is 3. The number of nitrogens with one attached hydrogen (secondary N) is 1. The van der Waals surface area contributed by atoms with E-state index in [0.717, 1.165) is 74.1 Å². The van der Waals surface area contributed by atoms with Gasteiger partial charge in [0, 0.05) is 44.9 Å². The van der Waals surface area contributed by atoms with E-state index < -0.39 is 0 Å². The van der Waals surface area contributed by atoms with Gasteiger partial charge in [0.2, 0.25) is 0 Å². The Morgan fingerprint density at radius 1 is 0.865 bits per heavy atom. The first-order chi connectivity index (χ1) is 18.1. The minimum Gasteiger partial charge on any atom is -0.496 e. The van der Waals surface area contributed by atoms with Crippen LogP contribution in [0.4, 0.5) is 0 Å². The van der Waals surface area contributed by atoms with Crippen molar-refractivity contribution in [2.75, 3.05) is 60.5 Å². The summed E-state index contributed by atoms with van der Waals surface area (Å²) in [7, 11) is 5.59. The fourth-order valence-electron chi connectivity index (χ4n) is 4.86. The van der Waals surface area contributed by atoms with Crippen molar-refractivity contribution in [3.63, 3.8) is 0 Å². The third-order valence-electron chi connectivity index (χ3n) is 7.23. The summed E-state index contributed by atoms with van der Waals surface area (Å²) in [4.78, 5) is 4.94. The van der Waals surface area contributed by atoms with E-state index in [-0.39, 0.29) is 0 Å². The summed E-state index contributed by atoms with van der Waals surface area (Å²) in [5.41, 5.74) is 5.84. The Labute approximate surface area is 222 Å². The molecule has 3 aromatic rings. The molecule has 1 aliphatic rings. The van der Waals surface area contributed by atoms with Crippen LogP contribution in [0.2, 0.25) is 0 Å². The Morgan fingerprint density at radius 2 is 1.57 bits per heavy atom. The molecule has 1 saturated heterocycles. The number of piperazine rings is 1. The largest absolute Gasteiger partial charge is 0.496 e. The van der Waals surface area contributed by atoms with Gasteiger partial charge in [0.15, 0.2) is 0 Å². The summed E-state index contributed by atoms with van der Waals surface area (Å²) in [5.74, 6) is 2.28. The van der Waals surface area contributed by atoms with Crippen LogP contribution in [0.15, 0.2) is 60.7 Å². The average Bonchev–Trinajstić information content (AvgIpc) is 2.93.